The molecule has 144 valence electrons. The van der Waals surface area contributed by atoms with Crippen LogP contribution in [0.2, 0.25) is 0 Å². The first-order chi connectivity index (χ1) is 12.8. The SMILES string of the molecule is CC(C)(C)c1cc(C(=O)NC2COCC2n2nc(C3CC3)ccc2=O)n[nH]1. The number of carbonyl (C=O) groups excluding carboxylic acids is 1. The van der Waals surface area contributed by atoms with Gasteiger partial charge in [-0.2, -0.15) is 10.2 Å². The fraction of sp³-hybridized carbons (Fsp3) is 0.579. The van der Waals surface area contributed by atoms with Crippen LogP contribution >= 0.6 is 0 Å². The molecular weight excluding hydrogens is 346 g/mol. The topological polar surface area (TPSA) is 102 Å². The summed E-state index contributed by atoms with van der Waals surface area (Å²) in [5.41, 5.74) is 1.86. The molecule has 0 radical (unpaired) electrons. The molecule has 1 aliphatic heterocycles. The molecule has 8 nitrogen and oxygen atoms in total. The molecule has 2 atom stereocenters. The van der Waals surface area contributed by atoms with Crippen LogP contribution in [0.4, 0.5) is 0 Å². The number of amides is 1. The quantitative estimate of drug-likeness (QED) is 0.848. The Morgan fingerprint density at radius 1 is 1.30 bits per heavy atom. The summed E-state index contributed by atoms with van der Waals surface area (Å²) in [4.78, 5) is 25.0. The van der Waals surface area contributed by atoms with Gasteiger partial charge in [-0.3, -0.25) is 14.7 Å². The Morgan fingerprint density at radius 3 is 2.74 bits per heavy atom. The Labute approximate surface area is 157 Å². The van der Waals surface area contributed by atoms with E-state index in [4.69, 9.17) is 4.74 Å². The second-order valence-electron chi connectivity index (χ2n) is 8.42. The van der Waals surface area contributed by atoms with Crippen molar-refractivity contribution < 1.29 is 9.53 Å². The van der Waals surface area contributed by atoms with Crippen LogP contribution in [-0.2, 0) is 10.2 Å². The van der Waals surface area contributed by atoms with E-state index >= 15 is 0 Å². The molecule has 1 amide bonds. The highest BCUT2D eigenvalue weighted by atomic mass is 16.5. The molecule has 1 saturated heterocycles. The highest BCUT2D eigenvalue weighted by Crippen LogP contribution is 2.38. The highest BCUT2D eigenvalue weighted by molar-refractivity contribution is 5.92. The van der Waals surface area contributed by atoms with Gasteiger partial charge in [-0.15, -0.1) is 0 Å². The number of rotatable bonds is 4. The summed E-state index contributed by atoms with van der Waals surface area (Å²) in [7, 11) is 0. The van der Waals surface area contributed by atoms with E-state index in [1.807, 2.05) is 20.8 Å². The molecule has 2 aromatic heterocycles. The number of nitrogens with one attached hydrogen (secondary N) is 2. The zero-order chi connectivity index (χ0) is 19.2. The Morgan fingerprint density at radius 2 is 2.07 bits per heavy atom. The van der Waals surface area contributed by atoms with E-state index in [1.54, 1.807) is 18.2 Å². The zero-order valence-corrected chi connectivity index (χ0v) is 15.9. The lowest BCUT2D eigenvalue weighted by Gasteiger charge is -2.20. The van der Waals surface area contributed by atoms with Crippen molar-refractivity contribution in [2.24, 2.45) is 0 Å². The first-order valence-electron chi connectivity index (χ1n) is 9.37. The van der Waals surface area contributed by atoms with E-state index in [0.29, 0.717) is 24.8 Å². The molecular formula is C19H25N5O3. The third-order valence-corrected chi connectivity index (χ3v) is 5.14. The van der Waals surface area contributed by atoms with Crippen molar-refractivity contribution >= 4 is 5.91 Å². The van der Waals surface area contributed by atoms with Crippen LogP contribution in [0.25, 0.3) is 0 Å². The molecule has 27 heavy (non-hydrogen) atoms. The lowest BCUT2D eigenvalue weighted by Crippen LogP contribution is -2.44. The Kier molecular flexibility index (Phi) is 4.38. The molecule has 0 aromatic carbocycles. The molecule has 1 saturated carbocycles. The minimum Gasteiger partial charge on any atom is -0.377 e. The number of aromatic amines is 1. The summed E-state index contributed by atoms with van der Waals surface area (Å²) in [5, 5.41) is 14.5. The van der Waals surface area contributed by atoms with Gasteiger partial charge in [0.15, 0.2) is 0 Å². The number of hydrogen-bond acceptors (Lipinski definition) is 5. The molecule has 2 N–H and O–H groups in total. The fourth-order valence-electron chi connectivity index (χ4n) is 3.26. The molecule has 2 fully saturated rings. The molecule has 8 heteroatoms. The van der Waals surface area contributed by atoms with Crippen LogP contribution in [0.3, 0.4) is 0 Å². The van der Waals surface area contributed by atoms with Crippen molar-refractivity contribution in [2.45, 2.75) is 57.0 Å². The van der Waals surface area contributed by atoms with Crippen molar-refractivity contribution in [3.05, 3.63) is 45.6 Å². The molecule has 2 unspecified atom stereocenters. The first-order valence-corrected chi connectivity index (χ1v) is 9.37. The van der Waals surface area contributed by atoms with Crippen molar-refractivity contribution in [1.29, 1.82) is 0 Å². The van der Waals surface area contributed by atoms with E-state index in [-0.39, 0.29) is 29.0 Å². The fourth-order valence-corrected chi connectivity index (χ4v) is 3.26. The molecule has 3 heterocycles. The number of nitrogens with zero attached hydrogens (tertiary/aromatic N) is 3. The largest absolute Gasteiger partial charge is 0.377 e. The van der Waals surface area contributed by atoms with Crippen molar-refractivity contribution in [3.8, 4) is 0 Å². The average Bonchev–Trinajstić information content (AvgIpc) is 3.15. The van der Waals surface area contributed by atoms with Crippen LogP contribution < -0.4 is 10.9 Å². The number of carbonyl (C=O) groups is 1. The van der Waals surface area contributed by atoms with E-state index in [9.17, 15) is 9.59 Å². The van der Waals surface area contributed by atoms with Gasteiger partial charge in [0, 0.05) is 23.1 Å². The summed E-state index contributed by atoms with van der Waals surface area (Å²) < 4.78 is 7.02. The van der Waals surface area contributed by atoms with E-state index in [2.05, 4.69) is 20.6 Å². The molecule has 1 aliphatic carbocycles. The third-order valence-electron chi connectivity index (χ3n) is 5.14. The number of H-pyrrole nitrogens is 1. The summed E-state index contributed by atoms with van der Waals surface area (Å²) in [6, 6.07) is 4.48. The molecule has 0 bridgehead atoms. The standard InChI is InChI=1S/C19H25N5O3/c1-19(2,3)16-8-13(21-22-16)18(26)20-14-9-27-10-15(14)24-17(25)7-6-12(23-24)11-4-5-11/h6-8,11,14-15H,4-5,9-10H2,1-3H3,(H,20,26)(H,21,22). The monoisotopic (exact) mass is 371 g/mol. The van der Waals surface area contributed by atoms with Crippen molar-refractivity contribution in [1.82, 2.24) is 25.3 Å². The first kappa shape index (κ1) is 17.9. The third kappa shape index (κ3) is 3.66. The Bertz CT molecular complexity index is 907. The smallest absolute Gasteiger partial charge is 0.272 e. The van der Waals surface area contributed by atoms with Crippen molar-refractivity contribution in [2.75, 3.05) is 13.2 Å². The van der Waals surface area contributed by atoms with Gasteiger partial charge in [0.25, 0.3) is 11.5 Å². The summed E-state index contributed by atoms with van der Waals surface area (Å²) in [5.74, 6) is 0.167. The second kappa shape index (κ2) is 6.60. The van der Waals surface area contributed by atoms with E-state index < -0.39 is 0 Å². The van der Waals surface area contributed by atoms with Gasteiger partial charge in [0.2, 0.25) is 0 Å². The zero-order valence-electron chi connectivity index (χ0n) is 15.9. The van der Waals surface area contributed by atoms with E-state index in [0.717, 1.165) is 24.2 Å². The second-order valence-corrected chi connectivity index (χ2v) is 8.42. The van der Waals surface area contributed by atoms with Gasteiger partial charge in [-0.1, -0.05) is 20.8 Å². The van der Waals surface area contributed by atoms with Crippen molar-refractivity contribution in [3.63, 3.8) is 0 Å². The van der Waals surface area contributed by atoms with Gasteiger partial charge in [0.1, 0.15) is 11.7 Å². The Balaban J connectivity index is 1.52. The van der Waals surface area contributed by atoms with Gasteiger partial charge in [0.05, 0.1) is 24.9 Å². The Hall–Kier alpha value is -2.48. The normalized spacial score (nSPS) is 22.8. The van der Waals surface area contributed by atoms with Gasteiger partial charge in [-0.25, -0.2) is 4.68 Å². The highest BCUT2D eigenvalue weighted by Gasteiger charge is 2.34. The lowest BCUT2D eigenvalue weighted by molar-refractivity contribution is 0.0919. The van der Waals surface area contributed by atoms with Crippen LogP contribution in [0.15, 0.2) is 23.0 Å². The predicted molar refractivity (Wildman–Crippen MR) is 98.9 cm³/mol. The average molecular weight is 371 g/mol. The summed E-state index contributed by atoms with van der Waals surface area (Å²) in [6.07, 6.45) is 2.23. The van der Waals surface area contributed by atoms with Gasteiger partial charge in [-0.05, 0) is 25.0 Å². The number of hydrogen-bond donors (Lipinski definition) is 2. The molecule has 0 spiro atoms. The molecule has 2 aromatic rings. The van der Waals surface area contributed by atoms with Crippen LogP contribution in [0, 0.1) is 0 Å². The van der Waals surface area contributed by atoms with Gasteiger partial charge < -0.3 is 10.1 Å². The maximum Gasteiger partial charge on any atom is 0.272 e. The lowest BCUT2D eigenvalue weighted by atomic mass is 9.92. The van der Waals surface area contributed by atoms with E-state index in [1.165, 1.54) is 4.68 Å². The summed E-state index contributed by atoms with van der Waals surface area (Å²) >= 11 is 0. The van der Waals surface area contributed by atoms with Crippen LogP contribution in [0.5, 0.6) is 0 Å². The summed E-state index contributed by atoms with van der Waals surface area (Å²) in [6.45, 7) is 6.84. The minimum absolute atomic E-state index is 0.120. The molecule has 2 aliphatic rings. The predicted octanol–water partition coefficient (Wildman–Crippen LogP) is 1.51. The van der Waals surface area contributed by atoms with Gasteiger partial charge >= 0.3 is 0 Å². The molecule has 4 rings (SSSR count). The van der Waals surface area contributed by atoms with Crippen LogP contribution in [0.1, 0.15) is 67.4 Å². The van der Waals surface area contributed by atoms with Crippen LogP contribution in [-0.4, -0.2) is 45.1 Å². The number of ether oxygens (including phenoxy) is 1. The maximum absolute atomic E-state index is 12.6. The number of aromatic nitrogens is 4. The minimum atomic E-state index is -0.327. The maximum atomic E-state index is 12.6.